The monoisotopic (exact) mass is 316 g/mol. The molecule has 0 aliphatic rings. The smallest absolute Gasteiger partial charge is 0.322 e. The van der Waals surface area contributed by atoms with Crippen LogP contribution < -0.4 is 5.32 Å². The molecule has 2 rings (SSSR count). The van der Waals surface area contributed by atoms with Crippen LogP contribution >= 0.6 is 0 Å². The van der Waals surface area contributed by atoms with Crippen molar-refractivity contribution < 1.29 is 14.3 Å². The minimum absolute atomic E-state index is 0.0144. The topological polar surface area (TPSA) is 52.6 Å². The van der Waals surface area contributed by atoms with Gasteiger partial charge < -0.3 is 15.3 Å². The van der Waals surface area contributed by atoms with E-state index in [0.717, 1.165) is 5.56 Å². The molecule has 0 saturated carbocycles. The molecule has 2 aromatic carbocycles. The van der Waals surface area contributed by atoms with E-state index in [9.17, 15) is 9.18 Å². The number of anilines is 1. The number of halogens is 1. The summed E-state index contributed by atoms with van der Waals surface area (Å²) in [6.07, 6.45) is 0.456. The summed E-state index contributed by atoms with van der Waals surface area (Å²) in [5, 5.41) is 11.7. The lowest BCUT2D eigenvalue weighted by atomic mass is 10.1. The molecule has 5 heteroatoms. The molecule has 2 amide bonds. The Labute approximate surface area is 135 Å². The Morgan fingerprint density at radius 3 is 2.48 bits per heavy atom. The zero-order valence-corrected chi connectivity index (χ0v) is 13.1. The molecule has 1 unspecified atom stereocenters. The van der Waals surface area contributed by atoms with Crippen LogP contribution in [0.1, 0.15) is 18.9 Å². The molecular weight excluding hydrogens is 295 g/mol. The van der Waals surface area contributed by atoms with Gasteiger partial charge in [0.05, 0.1) is 5.69 Å². The number of nitrogens with zero attached hydrogens (tertiary/aromatic N) is 1. The minimum Gasteiger partial charge on any atom is -0.396 e. The average molecular weight is 316 g/mol. The zero-order valence-electron chi connectivity index (χ0n) is 13.1. The van der Waals surface area contributed by atoms with Crippen molar-refractivity contribution in [2.45, 2.75) is 25.9 Å². The number of nitrogens with one attached hydrogen (secondary N) is 1. The molecule has 0 fully saturated rings. The predicted molar refractivity (Wildman–Crippen MR) is 88.6 cm³/mol. The van der Waals surface area contributed by atoms with Gasteiger partial charge in [-0.1, -0.05) is 42.5 Å². The lowest BCUT2D eigenvalue weighted by molar-refractivity contribution is 0.169. The summed E-state index contributed by atoms with van der Waals surface area (Å²) in [5.41, 5.74) is 1.12. The van der Waals surface area contributed by atoms with Gasteiger partial charge >= 0.3 is 6.03 Å². The highest BCUT2D eigenvalue weighted by Crippen LogP contribution is 2.16. The molecule has 0 bridgehead atoms. The number of hydrogen-bond donors (Lipinski definition) is 2. The summed E-state index contributed by atoms with van der Waals surface area (Å²) in [5.74, 6) is -0.477. The Morgan fingerprint density at radius 1 is 1.17 bits per heavy atom. The van der Waals surface area contributed by atoms with E-state index in [-0.39, 0.29) is 24.4 Å². The van der Waals surface area contributed by atoms with Crippen molar-refractivity contribution >= 4 is 11.7 Å². The van der Waals surface area contributed by atoms with Crippen molar-refractivity contribution in [3.05, 3.63) is 66.0 Å². The number of rotatable bonds is 6. The van der Waals surface area contributed by atoms with E-state index < -0.39 is 5.82 Å². The van der Waals surface area contributed by atoms with Crippen molar-refractivity contribution in [2.24, 2.45) is 0 Å². The van der Waals surface area contributed by atoms with Crippen LogP contribution in [0, 0.1) is 5.82 Å². The van der Waals surface area contributed by atoms with Crippen molar-refractivity contribution in [3.63, 3.8) is 0 Å². The summed E-state index contributed by atoms with van der Waals surface area (Å²) in [7, 11) is 0. The van der Waals surface area contributed by atoms with Crippen molar-refractivity contribution in [2.75, 3.05) is 11.9 Å². The number of para-hydroxylation sites is 1. The van der Waals surface area contributed by atoms with Crippen LogP contribution in [-0.4, -0.2) is 28.7 Å². The summed E-state index contributed by atoms with van der Waals surface area (Å²) >= 11 is 0. The normalized spacial score (nSPS) is 11.8. The van der Waals surface area contributed by atoms with Crippen molar-refractivity contribution in [1.82, 2.24) is 4.90 Å². The fourth-order valence-corrected chi connectivity index (χ4v) is 2.30. The molecule has 0 radical (unpaired) electrons. The molecule has 0 aliphatic heterocycles. The summed E-state index contributed by atoms with van der Waals surface area (Å²) in [6.45, 7) is 2.24. The van der Waals surface area contributed by atoms with Crippen LogP contribution in [0.2, 0.25) is 0 Å². The van der Waals surface area contributed by atoms with E-state index in [4.69, 9.17) is 5.11 Å². The van der Waals surface area contributed by atoms with Crippen LogP contribution in [0.3, 0.4) is 0 Å². The minimum atomic E-state index is -0.477. The van der Waals surface area contributed by atoms with Gasteiger partial charge in [0, 0.05) is 19.2 Å². The number of amides is 2. The van der Waals surface area contributed by atoms with Gasteiger partial charge in [-0.3, -0.25) is 0 Å². The third-order valence-electron chi connectivity index (χ3n) is 3.65. The molecule has 1 atom stereocenters. The third-order valence-corrected chi connectivity index (χ3v) is 3.65. The Kier molecular flexibility index (Phi) is 6.11. The van der Waals surface area contributed by atoms with E-state index >= 15 is 0 Å². The third kappa shape index (κ3) is 4.79. The Hall–Kier alpha value is -2.40. The first kappa shape index (κ1) is 17.0. The van der Waals surface area contributed by atoms with Crippen molar-refractivity contribution in [1.29, 1.82) is 0 Å². The number of urea groups is 1. The number of carbonyl (C=O) groups is 1. The molecular formula is C18H21FN2O2. The van der Waals surface area contributed by atoms with E-state index in [1.807, 2.05) is 37.3 Å². The van der Waals surface area contributed by atoms with Gasteiger partial charge in [-0.2, -0.15) is 0 Å². The summed E-state index contributed by atoms with van der Waals surface area (Å²) < 4.78 is 13.7. The second-order valence-electron chi connectivity index (χ2n) is 5.38. The van der Waals surface area contributed by atoms with Crippen LogP contribution in [-0.2, 0) is 6.54 Å². The van der Waals surface area contributed by atoms with E-state index in [0.29, 0.717) is 13.0 Å². The fraction of sp³-hybridized carbons (Fsp3) is 0.278. The van der Waals surface area contributed by atoms with Crippen molar-refractivity contribution in [3.8, 4) is 0 Å². The quantitative estimate of drug-likeness (QED) is 0.855. The zero-order chi connectivity index (χ0) is 16.7. The van der Waals surface area contributed by atoms with E-state index in [2.05, 4.69) is 5.32 Å². The molecule has 0 aliphatic carbocycles. The van der Waals surface area contributed by atoms with Gasteiger partial charge in [0.25, 0.3) is 0 Å². The summed E-state index contributed by atoms with van der Waals surface area (Å²) in [6, 6.07) is 15.1. The fourth-order valence-electron chi connectivity index (χ4n) is 2.30. The van der Waals surface area contributed by atoms with E-state index in [1.54, 1.807) is 17.0 Å². The maximum Gasteiger partial charge on any atom is 0.322 e. The second kappa shape index (κ2) is 8.29. The number of aliphatic hydroxyl groups is 1. The first-order valence-electron chi connectivity index (χ1n) is 7.58. The SMILES string of the molecule is CC(CCO)N(Cc1ccccc1)C(=O)Nc1ccccc1F. The van der Waals surface area contributed by atoms with Crippen LogP contribution in [0.15, 0.2) is 54.6 Å². The Balaban J connectivity index is 2.15. The number of benzene rings is 2. The Morgan fingerprint density at radius 2 is 1.83 bits per heavy atom. The predicted octanol–water partition coefficient (Wildman–Crippen LogP) is 3.63. The first-order valence-corrected chi connectivity index (χ1v) is 7.58. The summed E-state index contributed by atoms with van der Waals surface area (Å²) in [4.78, 5) is 14.1. The lowest BCUT2D eigenvalue weighted by Gasteiger charge is -2.29. The first-order chi connectivity index (χ1) is 11.1. The Bertz CT molecular complexity index is 634. The van der Waals surface area contributed by atoms with Gasteiger partial charge in [-0.25, -0.2) is 9.18 Å². The molecule has 0 heterocycles. The highest BCUT2D eigenvalue weighted by molar-refractivity contribution is 5.89. The maximum absolute atomic E-state index is 13.7. The molecule has 4 nitrogen and oxygen atoms in total. The van der Waals surface area contributed by atoms with Gasteiger partial charge in [0.2, 0.25) is 0 Å². The van der Waals surface area contributed by atoms with Crippen LogP contribution in [0.4, 0.5) is 14.9 Å². The standard InChI is InChI=1S/C18H21FN2O2/c1-14(11-12-22)21(13-15-7-3-2-4-8-15)18(23)20-17-10-6-5-9-16(17)19/h2-10,14,22H,11-13H2,1H3,(H,20,23). The van der Waals surface area contributed by atoms with Gasteiger partial charge in [0.15, 0.2) is 0 Å². The van der Waals surface area contributed by atoms with Crippen LogP contribution in [0.5, 0.6) is 0 Å². The lowest BCUT2D eigenvalue weighted by Crippen LogP contribution is -2.41. The number of hydrogen-bond acceptors (Lipinski definition) is 2. The maximum atomic E-state index is 13.7. The molecule has 0 spiro atoms. The number of aliphatic hydroxyl groups excluding tert-OH is 1. The largest absolute Gasteiger partial charge is 0.396 e. The van der Waals surface area contributed by atoms with Gasteiger partial charge in [-0.15, -0.1) is 0 Å². The molecule has 2 aromatic rings. The van der Waals surface area contributed by atoms with E-state index in [1.165, 1.54) is 12.1 Å². The average Bonchev–Trinajstić information content (AvgIpc) is 2.56. The van der Waals surface area contributed by atoms with Crippen LogP contribution in [0.25, 0.3) is 0 Å². The molecule has 2 N–H and O–H groups in total. The second-order valence-corrected chi connectivity index (χ2v) is 5.38. The molecule has 0 aromatic heterocycles. The number of carbonyl (C=O) groups excluding carboxylic acids is 1. The molecule has 23 heavy (non-hydrogen) atoms. The highest BCUT2D eigenvalue weighted by Gasteiger charge is 2.21. The van der Waals surface area contributed by atoms with Gasteiger partial charge in [-0.05, 0) is 31.0 Å². The molecule has 0 saturated heterocycles. The van der Waals surface area contributed by atoms with Gasteiger partial charge in [0.1, 0.15) is 5.82 Å². The molecule has 122 valence electrons. The highest BCUT2D eigenvalue weighted by atomic mass is 19.1.